The van der Waals surface area contributed by atoms with Crippen molar-refractivity contribution < 1.29 is 0 Å². The molecule has 1 aromatic carbocycles. The summed E-state index contributed by atoms with van der Waals surface area (Å²) < 4.78 is 1.18. The van der Waals surface area contributed by atoms with Crippen LogP contribution in [0.5, 0.6) is 0 Å². The third kappa shape index (κ3) is 2.89. The number of benzene rings is 1. The zero-order chi connectivity index (χ0) is 13.1. The van der Waals surface area contributed by atoms with E-state index < -0.39 is 0 Å². The molecule has 1 aromatic rings. The second-order valence-corrected chi connectivity index (χ2v) is 6.11. The number of hydrogen-bond donors (Lipinski definition) is 1. The van der Waals surface area contributed by atoms with Gasteiger partial charge in [0.2, 0.25) is 0 Å². The van der Waals surface area contributed by atoms with Crippen LogP contribution in [0.25, 0.3) is 0 Å². The lowest BCUT2D eigenvalue weighted by molar-refractivity contribution is 0.449. The molecule has 0 bridgehead atoms. The first-order valence-corrected chi connectivity index (χ1v) is 7.74. The minimum Gasteiger partial charge on any atom is -0.368 e. The van der Waals surface area contributed by atoms with E-state index in [2.05, 4.69) is 46.0 Å². The summed E-state index contributed by atoms with van der Waals surface area (Å²) >= 11 is 3.71. The highest BCUT2D eigenvalue weighted by Gasteiger charge is 2.22. The van der Waals surface area contributed by atoms with Gasteiger partial charge in [0, 0.05) is 23.1 Å². The normalized spacial score (nSPS) is 22.0. The molecule has 2 atom stereocenters. The van der Waals surface area contributed by atoms with E-state index >= 15 is 0 Å². The molecule has 1 aliphatic heterocycles. The quantitative estimate of drug-likeness (QED) is 0.905. The standard InChI is InChI=1S/C15H23BrN2/c1-3-13-6-4-5-9-18(13)15-8-7-12(11(2)17)10-14(15)16/h7-8,10-11,13H,3-6,9,17H2,1-2H3/t11-,13?/m1/s1. The fourth-order valence-corrected chi connectivity index (χ4v) is 3.41. The van der Waals surface area contributed by atoms with Crippen LogP contribution in [0.3, 0.4) is 0 Å². The Morgan fingerprint density at radius 3 is 2.83 bits per heavy atom. The summed E-state index contributed by atoms with van der Waals surface area (Å²) in [6.07, 6.45) is 5.21. The van der Waals surface area contributed by atoms with Crippen molar-refractivity contribution in [2.24, 2.45) is 5.73 Å². The lowest BCUT2D eigenvalue weighted by Crippen LogP contribution is -2.39. The van der Waals surface area contributed by atoms with Gasteiger partial charge < -0.3 is 10.6 Å². The largest absolute Gasteiger partial charge is 0.368 e. The molecular weight excluding hydrogens is 288 g/mol. The van der Waals surface area contributed by atoms with Gasteiger partial charge >= 0.3 is 0 Å². The molecule has 1 fully saturated rings. The average Bonchev–Trinajstić information content (AvgIpc) is 2.38. The van der Waals surface area contributed by atoms with Crippen LogP contribution in [0.15, 0.2) is 22.7 Å². The van der Waals surface area contributed by atoms with Crippen LogP contribution in [0.1, 0.15) is 51.1 Å². The molecule has 1 heterocycles. The maximum atomic E-state index is 5.93. The Labute approximate surface area is 119 Å². The van der Waals surface area contributed by atoms with Gasteiger partial charge in [0.05, 0.1) is 5.69 Å². The molecule has 0 saturated carbocycles. The van der Waals surface area contributed by atoms with E-state index in [0.717, 1.165) is 0 Å². The van der Waals surface area contributed by atoms with Crippen LogP contribution >= 0.6 is 15.9 Å². The van der Waals surface area contributed by atoms with Gasteiger partial charge in [-0.15, -0.1) is 0 Å². The topological polar surface area (TPSA) is 29.3 Å². The molecule has 100 valence electrons. The van der Waals surface area contributed by atoms with Crippen molar-refractivity contribution in [3.8, 4) is 0 Å². The zero-order valence-electron chi connectivity index (χ0n) is 11.3. The summed E-state index contributed by atoms with van der Waals surface area (Å²) in [6, 6.07) is 7.33. The van der Waals surface area contributed by atoms with Gasteiger partial charge in [0.25, 0.3) is 0 Å². The molecule has 2 rings (SSSR count). The molecule has 2 nitrogen and oxygen atoms in total. The number of halogens is 1. The van der Waals surface area contributed by atoms with Crippen molar-refractivity contribution in [1.82, 2.24) is 0 Å². The van der Waals surface area contributed by atoms with Gasteiger partial charge in [-0.2, -0.15) is 0 Å². The van der Waals surface area contributed by atoms with Crippen molar-refractivity contribution in [3.63, 3.8) is 0 Å². The zero-order valence-corrected chi connectivity index (χ0v) is 12.9. The smallest absolute Gasteiger partial charge is 0.0513 e. The predicted molar refractivity (Wildman–Crippen MR) is 82.0 cm³/mol. The Kier molecular flexibility index (Phi) is 4.68. The third-order valence-electron chi connectivity index (χ3n) is 3.91. The second kappa shape index (κ2) is 6.07. The fourth-order valence-electron chi connectivity index (χ4n) is 2.78. The highest BCUT2D eigenvalue weighted by atomic mass is 79.9. The van der Waals surface area contributed by atoms with Crippen LogP contribution in [0.2, 0.25) is 0 Å². The van der Waals surface area contributed by atoms with E-state index in [1.54, 1.807) is 0 Å². The van der Waals surface area contributed by atoms with Gasteiger partial charge in [-0.1, -0.05) is 13.0 Å². The van der Waals surface area contributed by atoms with E-state index in [0.29, 0.717) is 6.04 Å². The SMILES string of the molecule is CCC1CCCCN1c1ccc([C@@H](C)N)cc1Br. The molecule has 0 aliphatic carbocycles. The summed E-state index contributed by atoms with van der Waals surface area (Å²) in [6.45, 7) is 5.49. The van der Waals surface area contributed by atoms with Crippen molar-refractivity contribution >= 4 is 21.6 Å². The monoisotopic (exact) mass is 310 g/mol. The van der Waals surface area contributed by atoms with Gasteiger partial charge in [0.15, 0.2) is 0 Å². The number of nitrogens with zero attached hydrogens (tertiary/aromatic N) is 1. The van der Waals surface area contributed by atoms with Crippen LogP contribution < -0.4 is 10.6 Å². The number of anilines is 1. The van der Waals surface area contributed by atoms with Crippen LogP contribution in [0.4, 0.5) is 5.69 Å². The Bertz CT molecular complexity index is 403. The average molecular weight is 311 g/mol. The van der Waals surface area contributed by atoms with E-state index in [-0.39, 0.29) is 6.04 Å². The van der Waals surface area contributed by atoms with Gasteiger partial charge in [0.1, 0.15) is 0 Å². The summed E-state index contributed by atoms with van der Waals surface area (Å²) in [5.74, 6) is 0. The molecule has 0 aromatic heterocycles. The lowest BCUT2D eigenvalue weighted by atomic mass is 9.98. The first-order valence-electron chi connectivity index (χ1n) is 6.95. The van der Waals surface area contributed by atoms with Gasteiger partial charge in [-0.3, -0.25) is 0 Å². The summed E-state index contributed by atoms with van der Waals surface area (Å²) in [5.41, 5.74) is 8.45. The van der Waals surface area contributed by atoms with Gasteiger partial charge in [-0.05, 0) is 66.2 Å². The van der Waals surface area contributed by atoms with E-state index in [4.69, 9.17) is 5.73 Å². The van der Waals surface area contributed by atoms with E-state index in [1.165, 1.54) is 48.0 Å². The Balaban J connectivity index is 2.26. The summed E-state index contributed by atoms with van der Waals surface area (Å²) in [7, 11) is 0. The molecule has 2 N–H and O–H groups in total. The molecule has 1 unspecified atom stereocenters. The highest BCUT2D eigenvalue weighted by Crippen LogP contribution is 2.33. The van der Waals surface area contributed by atoms with Crippen LogP contribution in [0, 0.1) is 0 Å². The van der Waals surface area contributed by atoms with E-state index in [9.17, 15) is 0 Å². The van der Waals surface area contributed by atoms with Gasteiger partial charge in [-0.25, -0.2) is 0 Å². The second-order valence-electron chi connectivity index (χ2n) is 5.25. The molecule has 0 radical (unpaired) electrons. The Morgan fingerprint density at radius 2 is 2.22 bits per heavy atom. The van der Waals surface area contributed by atoms with Crippen molar-refractivity contribution in [2.45, 2.75) is 51.6 Å². The summed E-state index contributed by atoms with van der Waals surface area (Å²) in [4.78, 5) is 2.55. The third-order valence-corrected chi connectivity index (χ3v) is 4.54. The Hall–Kier alpha value is -0.540. The predicted octanol–water partition coefficient (Wildman–Crippen LogP) is 4.24. The molecule has 1 saturated heterocycles. The molecule has 18 heavy (non-hydrogen) atoms. The number of piperidine rings is 1. The maximum absolute atomic E-state index is 5.93. The molecule has 0 amide bonds. The van der Waals surface area contributed by atoms with E-state index in [1.807, 2.05) is 6.92 Å². The minimum absolute atomic E-state index is 0.0960. The fraction of sp³-hybridized carbons (Fsp3) is 0.600. The molecule has 3 heteroatoms. The molecular formula is C15H23BrN2. The van der Waals surface area contributed by atoms with Crippen molar-refractivity contribution in [3.05, 3.63) is 28.2 Å². The first kappa shape index (κ1) is 13.9. The number of rotatable bonds is 3. The number of hydrogen-bond acceptors (Lipinski definition) is 2. The minimum atomic E-state index is 0.0960. The van der Waals surface area contributed by atoms with Crippen LogP contribution in [-0.4, -0.2) is 12.6 Å². The van der Waals surface area contributed by atoms with Crippen molar-refractivity contribution in [1.29, 1.82) is 0 Å². The van der Waals surface area contributed by atoms with Crippen LogP contribution in [-0.2, 0) is 0 Å². The highest BCUT2D eigenvalue weighted by molar-refractivity contribution is 9.10. The first-order chi connectivity index (χ1) is 8.63. The maximum Gasteiger partial charge on any atom is 0.0513 e. The van der Waals surface area contributed by atoms with Crippen molar-refractivity contribution in [2.75, 3.05) is 11.4 Å². The lowest BCUT2D eigenvalue weighted by Gasteiger charge is -2.38. The Morgan fingerprint density at radius 1 is 1.44 bits per heavy atom. The number of nitrogens with two attached hydrogens (primary N) is 1. The molecule has 0 spiro atoms. The molecule has 1 aliphatic rings. The summed E-state index contributed by atoms with van der Waals surface area (Å²) in [5, 5.41) is 0.